The Morgan fingerprint density at radius 3 is 2.89 bits per heavy atom. The first-order chi connectivity index (χ1) is 9.06. The van der Waals surface area contributed by atoms with Gasteiger partial charge in [0.05, 0.1) is 11.6 Å². The molecule has 1 amide bonds. The molecular formula is C15H17BrFNO. The molecular weight excluding hydrogens is 309 g/mol. The SMILES string of the molecule is CC1CCCC(C2C(=O)Nc3c(Br)cc(F)cc32)C1. The van der Waals surface area contributed by atoms with Gasteiger partial charge in [-0.3, -0.25) is 4.79 Å². The lowest BCUT2D eigenvalue weighted by Crippen LogP contribution is -2.25. The fourth-order valence-electron chi connectivity index (χ4n) is 3.56. The van der Waals surface area contributed by atoms with Crippen LogP contribution in [0.15, 0.2) is 16.6 Å². The number of fused-ring (bicyclic) bond motifs is 1. The highest BCUT2D eigenvalue weighted by Crippen LogP contribution is 2.46. The van der Waals surface area contributed by atoms with E-state index in [0.717, 1.165) is 24.1 Å². The van der Waals surface area contributed by atoms with Gasteiger partial charge in [-0.2, -0.15) is 0 Å². The third-order valence-corrected chi connectivity index (χ3v) is 5.03. The summed E-state index contributed by atoms with van der Waals surface area (Å²) in [5.74, 6) is 0.576. The van der Waals surface area contributed by atoms with Crippen LogP contribution in [0.5, 0.6) is 0 Å². The van der Waals surface area contributed by atoms with E-state index in [2.05, 4.69) is 28.2 Å². The first-order valence-electron chi connectivity index (χ1n) is 6.86. The van der Waals surface area contributed by atoms with E-state index < -0.39 is 0 Å². The van der Waals surface area contributed by atoms with Crippen molar-refractivity contribution in [2.45, 2.75) is 38.5 Å². The van der Waals surface area contributed by atoms with Crippen LogP contribution in [0.25, 0.3) is 0 Å². The molecule has 3 rings (SSSR count). The fraction of sp³-hybridized carbons (Fsp3) is 0.533. The molecule has 1 aliphatic heterocycles. The number of benzene rings is 1. The van der Waals surface area contributed by atoms with E-state index in [9.17, 15) is 9.18 Å². The molecule has 1 aromatic rings. The third-order valence-electron chi connectivity index (χ3n) is 4.40. The standard InChI is InChI=1S/C15H17BrFNO/c1-8-3-2-4-9(5-8)13-11-6-10(17)7-12(16)14(11)18-15(13)19/h6-9,13H,2-5H2,1H3,(H,18,19). The highest BCUT2D eigenvalue weighted by atomic mass is 79.9. The van der Waals surface area contributed by atoms with Crippen molar-refractivity contribution in [2.24, 2.45) is 11.8 Å². The lowest BCUT2D eigenvalue weighted by molar-refractivity contribution is -0.118. The maximum atomic E-state index is 13.6. The minimum Gasteiger partial charge on any atom is -0.324 e. The molecule has 1 saturated carbocycles. The van der Waals surface area contributed by atoms with Crippen molar-refractivity contribution in [1.82, 2.24) is 0 Å². The van der Waals surface area contributed by atoms with Crippen LogP contribution in [0.3, 0.4) is 0 Å². The summed E-state index contributed by atoms with van der Waals surface area (Å²) in [6.45, 7) is 2.24. The van der Waals surface area contributed by atoms with Gasteiger partial charge in [-0.1, -0.05) is 19.8 Å². The Labute approximate surface area is 120 Å². The second-order valence-corrected chi connectivity index (χ2v) is 6.70. The van der Waals surface area contributed by atoms with Gasteiger partial charge in [-0.25, -0.2) is 4.39 Å². The lowest BCUT2D eigenvalue weighted by atomic mass is 9.74. The number of rotatable bonds is 1. The van der Waals surface area contributed by atoms with Gasteiger partial charge in [0.15, 0.2) is 0 Å². The van der Waals surface area contributed by atoms with Crippen LogP contribution < -0.4 is 5.32 Å². The Bertz CT molecular complexity index is 531. The molecule has 1 heterocycles. The Hall–Kier alpha value is -0.900. The van der Waals surface area contributed by atoms with Gasteiger partial charge in [0.2, 0.25) is 5.91 Å². The van der Waals surface area contributed by atoms with Gasteiger partial charge in [-0.15, -0.1) is 0 Å². The smallest absolute Gasteiger partial charge is 0.232 e. The topological polar surface area (TPSA) is 29.1 Å². The molecule has 3 unspecified atom stereocenters. The van der Waals surface area contributed by atoms with E-state index in [1.54, 1.807) is 0 Å². The average molecular weight is 326 g/mol. The molecule has 19 heavy (non-hydrogen) atoms. The fourth-order valence-corrected chi connectivity index (χ4v) is 4.11. The quantitative estimate of drug-likeness (QED) is 0.812. The predicted octanol–water partition coefficient (Wildman–Crippen LogP) is 4.45. The van der Waals surface area contributed by atoms with Gasteiger partial charge in [0.1, 0.15) is 5.82 Å². The summed E-state index contributed by atoms with van der Waals surface area (Å²) < 4.78 is 14.2. The van der Waals surface area contributed by atoms with Gasteiger partial charge in [0.25, 0.3) is 0 Å². The molecule has 1 N–H and O–H groups in total. The Balaban J connectivity index is 1.98. The highest BCUT2D eigenvalue weighted by molar-refractivity contribution is 9.10. The Kier molecular flexibility index (Phi) is 3.37. The van der Waals surface area contributed by atoms with E-state index in [1.165, 1.54) is 25.0 Å². The Morgan fingerprint density at radius 1 is 1.37 bits per heavy atom. The monoisotopic (exact) mass is 325 g/mol. The second-order valence-electron chi connectivity index (χ2n) is 5.85. The highest BCUT2D eigenvalue weighted by Gasteiger charge is 2.39. The number of amides is 1. The zero-order valence-electron chi connectivity index (χ0n) is 10.9. The Morgan fingerprint density at radius 2 is 2.16 bits per heavy atom. The van der Waals surface area contributed by atoms with Crippen LogP contribution in [-0.2, 0) is 4.79 Å². The summed E-state index contributed by atoms with van der Waals surface area (Å²) in [6.07, 6.45) is 4.54. The summed E-state index contributed by atoms with van der Waals surface area (Å²) in [7, 11) is 0. The lowest BCUT2D eigenvalue weighted by Gasteiger charge is -2.30. The number of hydrogen-bond acceptors (Lipinski definition) is 1. The summed E-state index contributed by atoms with van der Waals surface area (Å²) in [4.78, 5) is 12.2. The molecule has 2 nitrogen and oxygen atoms in total. The summed E-state index contributed by atoms with van der Waals surface area (Å²) >= 11 is 3.33. The molecule has 1 aliphatic carbocycles. The van der Waals surface area contributed by atoms with Gasteiger partial charge in [0, 0.05) is 4.47 Å². The molecule has 4 heteroatoms. The van der Waals surface area contributed by atoms with Gasteiger partial charge >= 0.3 is 0 Å². The molecule has 0 spiro atoms. The zero-order chi connectivity index (χ0) is 13.6. The minimum atomic E-state index is -0.281. The van der Waals surface area contributed by atoms with Crippen molar-refractivity contribution < 1.29 is 9.18 Å². The van der Waals surface area contributed by atoms with E-state index in [-0.39, 0.29) is 17.6 Å². The summed E-state index contributed by atoms with van der Waals surface area (Å²) in [5.41, 5.74) is 1.59. The van der Waals surface area contributed by atoms with Crippen LogP contribution in [-0.4, -0.2) is 5.91 Å². The van der Waals surface area contributed by atoms with Crippen molar-refractivity contribution in [3.63, 3.8) is 0 Å². The van der Waals surface area contributed by atoms with Gasteiger partial charge in [-0.05, 0) is 58.3 Å². The average Bonchev–Trinajstić information content (AvgIpc) is 2.66. The maximum Gasteiger partial charge on any atom is 0.232 e. The van der Waals surface area contributed by atoms with Crippen LogP contribution in [0.4, 0.5) is 10.1 Å². The maximum absolute atomic E-state index is 13.6. The normalized spacial score (nSPS) is 30.1. The van der Waals surface area contributed by atoms with Crippen molar-refractivity contribution >= 4 is 27.5 Å². The number of halogens is 2. The minimum absolute atomic E-state index is 0.0281. The molecule has 0 saturated heterocycles. The number of carbonyl (C=O) groups is 1. The molecule has 102 valence electrons. The van der Waals surface area contributed by atoms with Crippen LogP contribution in [0, 0.1) is 17.7 Å². The number of carbonyl (C=O) groups excluding carboxylic acids is 1. The van der Waals surface area contributed by atoms with Gasteiger partial charge < -0.3 is 5.32 Å². The molecule has 1 fully saturated rings. The van der Waals surface area contributed by atoms with Crippen molar-refractivity contribution in [2.75, 3.05) is 5.32 Å². The molecule has 0 bridgehead atoms. The number of hydrogen-bond donors (Lipinski definition) is 1. The third kappa shape index (κ3) is 2.31. The number of anilines is 1. The van der Waals surface area contributed by atoms with Crippen LogP contribution in [0.2, 0.25) is 0 Å². The molecule has 2 aliphatic rings. The summed E-state index contributed by atoms with van der Waals surface area (Å²) in [5, 5.41) is 2.90. The largest absolute Gasteiger partial charge is 0.324 e. The van der Waals surface area contributed by atoms with Crippen LogP contribution >= 0.6 is 15.9 Å². The molecule has 3 atom stereocenters. The summed E-state index contributed by atoms with van der Waals surface area (Å²) in [6, 6.07) is 2.92. The number of nitrogens with one attached hydrogen (secondary N) is 1. The predicted molar refractivity (Wildman–Crippen MR) is 76.6 cm³/mol. The first kappa shape index (κ1) is 13.1. The van der Waals surface area contributed by atoms with Crippen molar-refractivity contribution in [1.29, 1.82) is 0 Å². The molecule has 0 aromatic heterocycles. The molecule has 0 radical (unpaired) electrons. The molecule has 1 aromatic carbocycles. The second kappa shape index (κ2) is 4.89. The zero-order valence-corrected chi connectivity index (χ0v) is 12.5. The van der Waals surface area contributed by atoms with Crippen molar-refractivity contribution in [3.8, 4) is 0 Å². The van der Waals surface area contributed by atoms with E-state index in [1.807, 2.05) is 0 Å². The van der Waals surface area contributed by atoms with Crippen LogP contribution in [0.1, 0.15) is 44.1 Å². The van der Waals surface area contributed by atoms with Crippen molar-refractivity contribution in [3.05, 3.63) is 28.0 Å². The van der Waals surface area contributed by atoms with E-state index in [0.29, 0.717) is 16.3 Å². The van der Waals surface area contributed by atoms with E-state index >= 15 is 0 Å². The first-order valence-corrected chi connectivity index (χ1v) is 7.65. The van der Waals surface area contributed by atoms with E-state index in [4.69, 9.17) is 0 Å².